The largest absolute Gasteiger partial charge is 0.497 e. The topological polar surface area (TPSA) is 108 Å². The zero-order valence-electron chi connectivity index (χ0n) is 13.8. The zero-order chi connectivity index (χ0) is 18.8. The molecule has 0 aliphatic carbocycles. The number of halogens is 1. The minimum Gasteiger partial charge on any atom is -0.497 e. The first-order chi connectivity index (χ1) is 12.4. The van der Waals surface area contributed by atoms with Crippen molar-refractivity contribution in [2.24, 2.45) is 4.99 Å². The van der Waals surface area contributed by atoms with Crippen LogP contribution < -0.4 is 10.2 Å². The molecule has 0 aliphatic heterocycles. The van der Waals surface area contributed by atoms with E-state index in [0.717, 1.165) is 10.4 Å². The van der Waals surface area contributed by atoms with Gasteiger partial charge in [-0.2, -0.15) is 0 Å². The molecule has 0 saturated carbocycles. The van der Waals surface area contributed by atoms with Crippen molar-refractivity contribution in [3.63, 3.8) is 0 Å². The van der Waals surface area contributed by atoms with Crippen molar-refractivity contribution in [1.29, 1.82) is 0 Å². The minimum absolute atomic E-state index is 0.275. The van der Waals surface area contributed by atoms with Crippen molar-refractivity contribution in [3.8, 4) is 11.4 Å². The van der Waals surface area contributed by atoms with E-state index in [0.29, 0.717) is 21.3 Å². The predicted octanol–water partition coefficient (Wildman–Crippen LogP) is 3.02. The number of methoxy groups -OCH3 is 1. The molecule has 0 saturated heterocycles. The summed E-state index contributed by atoms with van der Waals surface area (Å²) in [5.74, 6) is -0.0174. The monoisotopic (exact) mass is 375 g/mol. The Morgan fingerprint density at radius 3 is 2.54 bits per heavy atom. The van der Waals surface area contributed by atoms with Gasteiger partial charge in [0.05, 0.1) is 22.9 Å². The maximum Gasteiger partial charge on any atom is 0.438 e. The van der Waals surface area contributed by atoms with E-state index in [4.69, 9.17) is 16.3 Å². The Balaban J connectivity index is 2.20. The number of rotatable bonds is 4. The van der Waals surface area contributed by atoms with Gasteiger partial charge in [0.2, 0.25) is 0 Å². The smallest absolute Gasteiger partial charge is 0.438 e. The van der Waals surface area contributed by atoms with Crippen LogP contribution in [0.4, 0.5) is 11.5 Å². The van der Waals surface area contributed by atoms with E-state index in [-0.39, 0.29) is 11.2 Å². The average Bonchev–Trinajstić information content (AvgIpc) is 2.94. The van der Waals surface area contributed by atoms with Gasteiger partial charge in [0, 0.05) is 0 Å². The quantitative estimate of drug-likeness (QED) is 0.428. The van der Waals surface area contributed by atoms with Gasteiger partial charge in [-0.25, -0.2) is 4.99 Å². The molecule has 9 nitrogen and oxygen atoms in total. The summed E-state index contributed by atoms with van der Waals surface area (Å²) in [5, 5.41) is 25.9. The highest BCUT2D eigenvalue weighted by atomic mass is 35.5. The lowest BCUT2D eigenvalue weighted by atomic mass is 10.2. The molecule has 0 fully saturated rings. The molecule has 0 unspecified atom stereocenters. The fourth-order valence-electron chi connectivity index (χ4n) is 2.27. The third-order valence-electron chi connectivity index (χ3n) is 3.56. The van der Waals surface area contributed by atoms with Gasteiger partial charge in [0.1, 0.15) is 11.4 Å². The summed E-state index contributed by atoms with van der Waals surface area (Å²) in [6.07, 6.45) is 0. The highest BCUT2D eigenvalue weighted by molar-refractivity contribution is 6.33. The Kier molecular flexibility index (Phi) is 4.63. The molecule has 134 valence electrons. The van der Waals surface area contributed by atoms with E-state index in [1.54, 1.807) is 42.5 Å². The first kappa shape index (κ1) is 17.5. The highest BCUT2D eigenvalue weighted by Gasteiger charge is 2.24. The molecule has 3 rings (SSSR count). The number of hydrogen-bond acceptors (Lipinski definition) is 6. The molecule has 0 aliphatic rings. The predicted molar refractivity (Wildman–Crippen MR) is 93.4 cm³/mol. The number of benzene rings is 2. The fraction of sp³-hybridized carbons (Fsp3) is 0.125. The second-order valence-corrected chi connectivity index (χ2v) is 5.76. The van der Waals surface area contributed by atoms with Crippen LogP contribution in [-0.2, 0) is 0 Å². The van der Waals surface area contributed by atoms with Crippen LogP contribution in [0.15, 0.2) is 47.5 Å². The van der Waals surface area contributed by atoms with Crippen molar-refractivity contribution < 1.29 is 14.9 Å². The molecule has 26 heavy (non-hydrogen) atoms. The molecule has 0 bridgehead atoms. The Hall–Kier alpha value is -3.33. The van der Waals surface area contributed by atoms with Gasteiger partial charge in [-0.15, -0.1) is 0 Å². The van der Waals surface area contributed by atoms with E-state index in [2.05, 4.69) is 10.1 Å². The van der Waals surface area contributed by atoms with Crippen LogP contribution in [0.1, 0.15) is 5.56 Å². The number of hydrogen-bond donors (Lipinski definition) is 1. The maximum absolute atomic E-state index is 11.3. The summed E-state index contributed by atoms with van der Waals surface area (Å²) < 4.78 is 5.06. The molecule has 1 aromatic heterocycles. The van der Waals surface area contributed by atoms with Crippen LogP contribution in [0.3, 0.4) is 0 Å². The molecule has 10 heteroatoms. The average molecular weight is 376 g/mol. The first-order valence-corrected chi connectivity index (χ1v) is 7.80. The lowest BCUT2D eigenvalue weighted by molar-refractivity contribution is -0.391. The maximum atomic E-state index is 11.3. The summed E-state index contributed by atoms with van der Waals surface area (Å²) in [7, 11) is 1.52. The van der Waals surface area contributed by atoms with Gasteiger partial charge in [0.15, 0.2) is 0 Å². The highest BCUT2D eigenvalue weighted by Crippen LogP contribution is 2.25. The van der Waals surface area contributed by atoms with Crippen LogP contribution in [-0.4, -0.2) is 32.0 Å². The second kappa shape index (κ2) is 6.89. The fourth-order valence-corrected chi connectivity index (χ4v) is 2.55. The molecule has 1 N–H and O–H groups in total. The van der Waals surface area contributed by atoms with Gasteiger partial charge in [-0.05, 0) is 58.6 Å². The van der Waals surface area contributed by atoms with Crippen molar-refractivity contribution >= 4 is 23.1 Å². The Morgan fingerprint density at radius 2 is 1.96 bits per heavy atom. The number of nitrogens with zero attached hydrogens (tertiary/aromatic N) is 5. The van der Waals surface area contributed by atoms with Gasteiger partial charge in [-0.3, -0.25) is 0 Å². The summed E-state index contributed by atoms with van der Waals surface area (Å²) >= 11 is 6.13. The first-order valence-electron chi connectivity index (χ1n) is 7.42. The van der Waals surface area contributed by atoms with E-state index in [1.165, 1.54) is 7.11 Å². The molecule has 2 aromatic carbocycles. The van der Waals surface area contributed by atoms with Gasteiger partial charge in [-0.1, -0.05) is 22.5 Å². The number of aryl methyl sites for hydroxylation is 1. The standard InChI is InChI=1S/C16H14ClN5O4/c1-10-3-8-14(13(17)9-10)18-15-16(22(24)25)19-20(21(15)23)11-4-6-12(26-2)7-5-11/h3-9,23H,1-2H3. The molecule has 1 heterocycles. The third kappa shape index (κ3) is 3.24. The van der Waals surface area contributed by atoms with E-state index in [9.17, 15) is 15.3 Å². The van der Waals surface area contributed by atoms with Crippen molar-refractivity contribution in [2.75, 3.05) is 7.11 Å². The van der Waals surface area contributed by atoms with Gasteiger partial charge < -0.3 is 20.1 Å². The van der Waals surface area contributed by atoms with Crippen LogP contribution in [0, 0.1) is 17.0 Å². The van der Waals surface area contributed by atoms with Gasteiger partial charge >= 0.3 is 5.82 Å². The van der Waals surface area contributed by atoms with E-state index >= 15 is 0 Å². The Morgan fingerprint density at radius 1 is 1.27 bits per heavy atom. The third-order valence-corrected chi connectivity index (χ3v) is 3.87. The summed E-state index contributed by atoms with van der Waals surface area (Å²) in [6.45, 7) is 1.85. The summed E-state index contributed by atoms with van der Waals surface area (Å²) in [5.41, 5.74) is 1.22. The van der Waals surface area contributed by atoms with Crippen LogP contribution >= 0.6 is 11.6 Å². The van der Waals surface area contributed by atoms with E-state index < -0.39 is 10.7 Å². The molecule has 0 spiro atoms. The van der Waals surface area contributed by atoms with E-state index in [1.807, 2.05) is 6.92 Å². The van der Waals surface area contributed by atoms with Crippen LogP contribution in [0.5, 0.6) is 5.75 Å². The molecular weight excluding hydrogens is 362 g/mol. The lowest BCUT2D eigenvalue weighted by Gasteiger charge is -2.02. The summed E-state index contributed by atoms with van der Waals surface area (Å²) in [6, 6.07) is 11.5. The minimum atomic E-state index is -0.729. The molecule has 0 atom stereocenters. The normalized spacial score (nSPS) is 11.6. The van der Waals surface area contributed by atoms with Crippen LogP contribution in [0.25, 0.3) is 5.69 Å². The number of ether oxygens (including phenoxy) is 1. The molecule has 0 radical (unpaired) electrons. The lowest BCUT2D eigenvalue weighted by Crippen LogP contribution is -2.22. The SMILES string of the molecule is COc1ccc(-n2nc([N+](=O)[O-])c(=Nc3ccc(C)cc3Cl)n2O)cc1. The number of nitro groups is 1. The van der Waals surface area contributed by atoms with Crippen LogP contribution in [0.2, 0.25) is 5.02 Å². The molecular formula is C16H14ClN5O4. The zero-order valence-corrected chi connectivity index (χ0v) is 14.6. The van der Waals surface area contributed by atoms with Crippen molar-refractivity contribution in [3.05, 3.63) is 68.7 Å². The Bertz CT molecular complexity index is 1040. The number of aromatic nitrogens is 3. The Labute approximate surface area is 152 Å². The molecule has 0 amide bonds. The second-order valence-electron chi connectivity index (χ2n) is 5.35. The summed E-state index contributed by atoms with van der Waals surface area (Å²) in [4.78, 5) is 16.2. The molecule has 3 aromatic rings. The van der Waals surface area contributed by atoms with Gasteiger partial charge in [0.25, 0.3) is 5.49 Å². The van der Waals surface area contributed by atoms with Crippen molar-refractivity contribution in [1.82, 2.24) is 14.7 Å². The van der Waals surface area contributed by atoms with Crippen molar-refractivity contribution in [2.45, 2.75) is 6.92 Å².